The topological polar surface area (TPSA) is 81.4 Å². The van der Waals surface area contributed by atoms with Crippen molar-refractivity contribution < 1.29 is 14.3 Å². The Morgan fingerprint density at radius 1 is 1.53 bits per heavy atom. The molecule has 1 amide bonds. The second-order valence-corrected chi connectivity index (χ2v) is 4.06. The molecule has 0 bridgehead atoms. The quantitative estimate of drug-likeness (QED) is 0.635. The number of hydrogen-bond acceptors (Lipinski definition) is 4. The molecule has 0 aromatic carbocycles. The fourth-order valence-corrected chi connectivity index (χ4v) is 1.71. The lowest BCUT2D eigenvalue weighted by atomic mass is 9.68. The minimum Gasteiger partial charge on any atom is -0.467 e. The lowest BCUT2D eigenvalue weighted by Gasteiger charge is -2.39. The zero-order chi connectivity index (χ0) is 11.5. The monoisotopic (exact) mass is 214 g/mol. The van der Waals surface area contributed by atoms with Crippen molar-refractivity contribution in [3.8, 4) is 0 Å². The van der Waals surface area contributed by atoms with Gasteiger partial charge in [-0.05, 0) is 19.8 Å². The standard InChI is InChI=1S/C10H18N2O3/c1-7(8(13)15-2)12-9(14)10(6-11)4-3-5-10/h7H,3-6,11H2,1-2H3,(H,12,14). The molecule has 15 heavy (non-hydrogen) atoms. The van der Waals surface area contributed by atoms with Crippen molar-refractivity contribution >= 4 is 11.9 Å². The van der Waals surface area contributed by atoms with Gasteiger partial charge in [-0.15, -0.1) is 0 Å². The summed E-state index contributed by atoms with van der Waals surface area (Å²) in [4.78, 5) is 22.9. The van der Waals surface area contributed by atoms with Gasteiger partial charge in [0.25, 0.3) is 0 Å². The van der Waals surface area contributed by atoms with Gasteiger partial charge in [-0.1, -0.05) is 6.42 Å². The number of nitrogens with two attached hydrogens (primary N) is 1. The Bertz CT molecular complexity index is 256. The van der Waals surface area contributed by atoms with Crippen LogP contribution in [0.4, 0.5) is 0 Å². The summed E-state index contributed by atoms with van der Waals surface area (Å²) in [6.45, 7) is 1.94. The van der Waals surface area contributed by atoms with Crippen LogP contribution in [0.5, 0.6) is 0 Å². The maximum Gasteiger partial charge on any atom is 0.328 e. The van der Waals surface area contributed by atoms with Crippen molar-refractivity contribution in [2.75, 3.05) is 13.7 Å². The number of amides is 1. The number of nitrogens with one attached hydrogen (secondary N) is 1. The molecule has 5 heteroatoms. The van der Waals surface area contributed by atoms with Crippen LogP contribution in [-0.4, -0.2) is 31.6 Å². The molecule has 1 atom stereocenters. The molecule has 0 radical (unpaired) electrons. The van der Waals surface area contributed by atoms with E-state index in [2.05, 4.69) is 10.1 Å². The number of methoxy groups -OCH3 is 1. The van der Waals surface area contributed by atoms with Gasteiger partial charge in [0.05, 0.1) is 12.5 Å². The first-order valence-electron chi connectivity index (χ1n) is 5.14. The summed E-state index contributed by atoms with van der Waals surface area (Å²) in [6.07, 6.45) is 2.64. The zero-order valence-electron chi connectivity index (χ0n) is 9.21. The third kappa shape index (κ3) is 2.28. The first-order chi connectivity index (χ1) is 7.05. The van der Waals surface area contributed by atoms with Crippen LogP contribution in [0.1, 0.15) is 26.2 Å². The highest BCUT2D eigenvalue weighted by molar-refractivity contribution is 5.88. The third-order valence-electron chi connectivity index (χ3n) is 3.09. The summed E-state index contributed by atoms with van der Waals surface area (Å²) in [7, 11) is 1.30. The molecule has 1 unspecified atom stereocenters. The van der Waals surface area contributed by atoms with Crippen molar-refractivity contribution in [1.82, 2.24) is 5.32 Å². The minimum absolute atomic E-state index is 0.130. The van der Waals surface area contributed by atoms with Crippen LogP contribution in [0, 0.1) is 5.41 Å². The number of esters is 1. The summed E-state index contributed by atoms with van der Waals surface area (Å²) in [5.41, 5.74) is 5.13. The fraction of sp³-hybridized carbons (Fsp3) is 0.800. The van der Waals surface area contributed by atoms with Gasteiger partial charge in [-0.25, -0.2) is 4.79 Å². The van der Waals surface area contributed by atoms with E-state index in [9.17, 15) is 9.59 Å². The van der Waals surface area contributed by atoms with Crippen molar-refractivity contribution in [2.45, 2.75) is 32.2 Å². The molecule has 0 aromatic rings. The molecule has 1 aliphatic rings. The highest BCUT2D eigenvalue weighted by Gasteiger charge is 2.43. The van der Waals surface area contributed by atoms with Crippen LogP contribution in [0.3, 0.4) is 0 Å². The van der Waals surface area contributed by atoms with Gasteiger partial charge in [-0.2, -0.15) is 0 Å². The summed E-state index contributed by atoms with van der Waals surface area (Å²) in [6, 6.07) is -0.605. The molecular formula is C10H18N2O3. The van der Waals surface area contributed by atoms with Gasteiger partial charge < -0.3 is 15.8 Å². The Kier molecular flexibility index (Phi) is 3.68. The minimum atomic E-state index is -0.605. The number of carbonyl (C=O) groups excluding carboxylic acids is 2. The molecular weight excluding hydrogens is 196 g/mol. The number of rotatable bonds is 4. The van der Waals surface area contributed by atoms with Crippen molar-refractivity contribution in [1.29, 1.82) is 0 Å². The smallest absolute Gasteiger partial charge is 0.328 e. The molecule has 0 aromatic heterocycles. The lowest BCUT2D eigenvalue weighted by molar-refractivity contribution is -0.147. The number of carbonyl (C=O) groups is 2. The zero-order valence-corrected chi connectivity index (χ0v) is 9.21. The maximum atomic E-state index is 11.8. The van der Waals surface area contributed by atoms with E-state index in [0.717, 1.165) is 19.3 Å². The highest BCUT2D eigenvalue weighted by Crippen LogP contribution is 2.40. The van der Waals surface area contributed by atoms with E-state index in [1.54, 1.807) is 6.92 Å². The Morgan fingerprint density at radius 2 is 2.13 bits per heavy atom. The third-order valence-corrected chi connectivity index (χ3v) is 3.09. The van der Waals surface area contributed by atoms with Crippen LogP contribution in [0.2, 0.25) is 0 Å². The predicted octanol–water partition coefficient (Wildman–Crippen LogP) is -0.207. The normalized spacial score (nSPS) is 19.9. The van der Waals surface area contributed by atoms with E-state index in [1.807, 2.05) is 0 Å². The van der Waals surface area contributed by atoms with Crippen LogP contribution >= 0.6 is 0 Å². The molecule has 0 saturated heterocycles. The van der Waals surface area contributed by atoms with E-state index in [4.69, 9.17) is 5.73 Å². The first-order valence-corrected chi connectivity index (χ1v) is 5.14. The summed E-state index contributed by atoms with van der Waals surface area (Å²) >= 11 is 0. The Balaban J connectivity index is 2.51. The molecule has 1 rings (SSSR count). The maximum absolute atomic E-state index is 11.8. The van der Waals surface area contributed by atoms with Crippen molar-refractivity contribution in [3.05, 3.63) is 0 Å². The van der Waals surface area contributed by atoms with Gasteiger partial charge in [0.2, 0.25) is 5.91 Å². The molecule has 0 spiro atoms. The van der Waals surface area contributed by atoms with Crippen LogP contribution in [-0.2, 0) is 14.3 Å². The van der Waals surface area contributed by atoms with Gasteiger partial charge >= 0.3 is 5.97 Å². The summed E-state index contributed by atoms with van der Waals surface area (Å²) in [5, 5.41) is 2.63. The van der Waals surface area contributed by atoms with E-state index >= 15 is 0 Å². The van der Waals surface area contributed by atoms with Gasteiger partial charge in [-0.3, -0.25) is 4.79 Å². The lowest BCUT2D eigenvalue weighted by Crippen LogP contribution is -2.53. The molecule has 5 nitrogen and oxygen atoms in total. The predicted molar refractivity (Wildman–Crippen MR) is 55.0 cm³/mol. The van der Waals surface area contributed by atoms with Crippen LogP contribution in [0.25, 0.3) is 0 Å². The Morgan fingerprint density at radius 3 is 2.47 bits per heavy atom. The SMILES string of the molecule is COC(=O)C(C)NC(=O)C1(CN)CCC1. The first kappa shape index (κ1) is 12.0. The van der Waals surface area contributed by atoms with Gasteiger partial charge in [0, 0.05) is 6.54 Å². The van der Waals surface area contributed by atoms with Crippen molar-refractivity contribution in [3.63, 3.8) is 0 Å². The van der Waals surface area contributed by atoms with Gasteiger partial charge in [0.15, 0.2) is 0 Å². The molecule has 1 aliphatic carbocycles. The van der Waals surface area contributed by atoms with E-state index in [-0.39, 0.29) is 5.91 Å². The Labute approximate surface area is 89.3 Å². The van der Waals surface area contributed by atoms with E-state index in [1.165, 1.54) is 7.11 Å². The fourth-order valence-electron chi connectivity index (χ4n) is 1.71. The largest absolute Gasteiger partial charge is 0.467 e. The van der Waals surface area contributed by atoms with Gasteiger partial charge in [0.1, 0.15) is 6.04 Å². The molecule has 0 heterocycles. The summed E-state index contributed by atoms with van der Waals surface area (Å²) < 4.78 is 4.53. The number of hydrogen-bond donors (Lipinski definition) is 2. The second-order valence-electron chi connectivity index (χ2n) is 4.06. The molecule has 3 N–H and O–H groups in total. The average molecular weight is 214 g/mol. The van der Waals surface area contributed by atoms with E-state index < -0.39 is 17.4 Å². The second kappa shape index (κ2) is 4.61. The van der Waals surface area contributed by atoms with Crippen LogP contribution in [0.15, 0.2) is 0 Å². The number of ether oxygens (including phenoxy) is 1. The molecule has 1 saturated carbocycles. The highest BCUT2D eigenvalue weighted by atomic mass is 16.5. The van der Waals surface area contributed by atoms with E-state index in [0.29, 0.717) is 6.54 Å². The molecule has 0 aliphatic heterocycles. The summed E-state index contributed by atoms with van der Waals surface area (Å²) in [5.74, 6) is -0.566. The van der Waals surface area contributed by atoms with Crippen molar-refractivity contribution in [2.24, 2.45) is 11.1 Å². The average Bonchev–Trinajstić information content (AvgIpc) is 2.15. The Hall–Kier alpha value is -1.10. The molecule has 86 valence electrons. The van der Waals surface area contributed by atoms with Crippen LogP contribution < -0.4 is 11.1 Å². The molecule has 1 fully saturated rings.